The number of carbonyl (C=O) groups is 1. The van der Waals surface area contributed by atoms with Gasteiger partial charge in [0.05, 0.1) is 33.1 Å². The second-order valence-corrected chi connectivity index (χ2v) is 6.39. The smallest absolute Gasteiger partial charge is 0.256 e. The molecule has 0 radical (unpaired) electrons. The monoisotopic (exact) mass is 382 g/mol. The summed E-state index contributed by atoms with van der Waals surface area (Å²) in [5.74, 6) is 0.283. The van der Waals surface area contributed by atoms with Gasteiger partial charge in [-0.15, -0.1) is 0 Å². The average Bonchev–Trinajstić information content (AvgIpc) is 3.19. The lowest BCUT2D eigenvalue weighted by atomic mass is 10.1. The molecule has 6 heteroatoms. The van der Waals surface area contributed by atoms with E-state index < -0.39 is 0 Å². The van der Waals surface area contributed by atoms with Crippen LogP contribution in [0.25, 0.3) is 22.4 Å². The molecule has 4 rings (SSSR count). The minimum absolute atomic E-state index is 0.298. The Bertz CT molecular complexity index is 1110. The quantitative estimate of drug-likeness (QED) is 0.468. The molecule has 0 saturated carbocycles. The van der Waals surface area contributed by atoms with Gasteiger partial charge in [0.15, 0.2) is 5.76 Å². The summed E-state index contributed by atoms with van der Waals surface area (Å²) in [6.07, 6.45) is 1.57. The van der Waals surface area contributed by atoms with E-state index in [1.807, 2.05) is 24.3 Å². The standard InChI is InChI=1S/C20H12Cl2N2O2/c21-14-6-3-8-16(19(14)22)24-20(25)13-11-17(18-9-4-10-26-18)23-15-7-2-1-5-12(13)15/h1-11H,(H,24,25). The molecule has 0 spiro atoms. The third-order valence-corrected chi connectivity index (χ3v) is 4.75. The minimum atomic E-state index is -0.305. The number of nitrogens with zero attached hydrogens (tertiary/aromatic N) is 1. The SMILES string of the molecule is O=C(Nc1cccc(Cl)c1Cl)c1cc(-c2ccco2)nc2ccccc12. The average molecular weight is 383 g/mol. The number of nitrogens with one attached hydrogen (secondary N) is 1. The first-order valence-corrected chi connectivity index (χ1v) is 8.58. The molecule has 4 nitrogen and oxygen atoms in total. The molecule has 26 heavy (non-hydrogen) atoms. The summed E-state index contributed by atoms with van der Waals surface area (Å²) in [6, 6.07) is 17.8. The Labute approximate surface area is 159 Å². The summed E-state index contributed by atoms with van der Waals surface area (Å²) in [5, 5.41) is 4.23. The van der Waals surface area contributed by atoms with Crippen molar-refractivity contribution in [2.24, 2.45) is 0 Å². The Balaban J connectivity index is 1.82. The first kappa shape index (κ1) is 16.6. The molecule has 0 aliphatic heterocycles. The van der Waals surface area contributed by atoms with Crippen LogP contribution < -0.4 is 5.32 Å². The maximum Gasteiger partial charge on any atom is 0.256 e. The van der Waals surface area contributed by atoms with Crippen LogP contribution in [0.15, 0.2) is 71.3 Å². The van der Waals surface area contributed by atoms with Crippen LogP contribution in [0.3, 0.4) is 0 Å². The molecule has 0 aliphatic rings. The van der Waals surface area contributed by atoms with Crippen molar-refractivity contribution >= 4 is 45.7 Å². The second kappa shape index (κ2) is 6.83. The highest BCUT2D eigenvalue weighted by atomic mass is 35.5. The van der Waals surface area contributed by atoms with E-state index in [0.29, 0.717) is 38.3 Å². The Kier molecular flexibility index (Phi) is 4.37. The van der Waals surface area contributed by atoms with Crippen molar-refractivity contribution in [1.82, 2.24) is 4.98 Å². The van der Waals surface area contributed by atoms with Gasteiger partial charge in [-0.3, -0.25) is 4.79 Å². The van der Waals surface area contributed by atoms with Crippen LogP contribution >= 0.6 is 23.2 Å². The first-order valence-electron chi connectivity index (χ1n) is 7.82. The fourth-order valence-corrected chi connectivity index (χ4v) is 3.05. The fourth-order valence-electron chi connectivity index (χ4n) is 2.70. The number of fused-ring (bicyclic) bond motifs is 1. The highest BCUT2D eigenvalue weighted by Gasteiger charge is 2.16. The minimum Gasteiger partial charge on any atom is -0.463 e. The molecule has 4 aromatic rings. The molecule has 0 aliphatic carbocycles. The van der Waals surface area contributed by atoms with Crippen molar-refractivity contribution in [2.45, 2.75) is 0 Å². The highest BCUT2D eigenvalue weighted by molar-refractivity contribution is 6.44. The molecule has 2 heterocycles. The molecular formula is C20H12Cl2N2O2. The van der Waals surface area contributed by atoms with Gasteiger partial charge in [0.25, 0.3) is 5.91 Å². The van der Waals surface area contributed by atoms with E-state index in [4.69, 9.17) is 27.6 Å². The number of furan rings is 1. The fraction of sp³-hybridized carbons (Fsp3) is 0. The topological polar surface area (TPSA) is 55.1 Å². The maximum absolute atomic E-state index is 12.9. The van der Waals surface area contributed by atoms with Gasteiger partial charge in [0, 0.05) is 5.39 Å². The van der Waals surface area contributed by atoms with E-state index in [-0.39, 0.29) is 5.91 Å². The molecule has 2 aromatic heterocycles. The molecule has 128 valence electrons. The Morgan fingerprint density at radius 3 is 2.65 bits per heavy atom. The van der Waals surface area contributed by atoms with Crippen molar-refractivity contribution in [3.05, 3.63) is 82.5 Å². The van der Waals surface area contributed by atoms with E-state index in [2.05, 4.69) is 10.3 Å². The lowest BCUT2D eigenvalue weighted by Crippen LogP contribution is -2.13. The summed E-state index contributed by atoms with van der Waals surface area (Å²) < 4.78 is 5.42. The van der Waals surface area contributed by atoms with E-state index in [0.717, 1.165) is 5.39 Å². The molecule has 1 amide bonds. The number of amides is 1. The zero-order valence-electron chi connectivity index (χ0n) is 13.4. The van der Waals surface area contributed by atoms with Crippen LogP contribution in [0, 0.1) is 0 Å². The normalized spacial score (nSPS) is 10.8. The molecule has 1 N–H and O–H groups in total. The van der Waals surface area contributed by atoms with Gasteiger partial charge in [-0.25, -0.2) is 4.98 Å². The van der Waals surface area contributed by atoms with E-state index >= 15 is 0 Å². The van der Waals surface area contributed by atoms with Crippen molar-refractivity contribution in [3.8, 4) is 11.5 Å². The van der Waals surface area contributed by atoms with E-state index in [1.165, 1.54) is 0 Å². The Morgan fingerprint density at radius 1 is 1.00 bits per heavy atom. The number of hydrogen-bond acceptors (Lipinski definition) is 3. The number of para-hydroxylation sites is 1. The summed E-state index contributed by atoms with van der Waals surface area (Å²) in [5.41, 5.74) is 2.20. The molecule has 0 atom stereocenters. The zero-order chi connectivity index (χ0) is 18.1. The van der Waals surface area contributed by atoms with Crippen LogP contribution in [0.5, 0.6) is 0 Å². The van der Waals surface area contributed by atoms with Crippen molar-refractivity contribution in [1.29, 1.82) is 0 Å². The van der Waals surface area contributed by atoms with Gasteiger partial charge in [0.1, 0.15) is 5.69 Å². The van der Waals surface area contributed by atoms with Gasteiger partial charge < -0.3 is 9.73 Å². The van der Waals surface area contributed by atoms with Crippen molar-refractivity contribution in [2.75, 3.05) is 5.32 Å². The molecular weight excluding hydrogens is 371 g/mol. The van der Waals surface area contributed by atoms with Crippen LogP contribution in [-0.4, -0.2) is 10.9 Å². The molecule has 2 aromatic carbocycles. The predicted octanol–water partition coefficient (Wildman–Crippen LogP) is 6.05. The van der Waals surface area contributed by atoms with Crippen LogP contribution in [0.1, 0.15) is 10.4 Å². The van der Waals surface area contributed by atoms with Crippen LogP contribution in [-0.2, 0) is 0 Å². The number of carbonyl (C=O) groups excluding carboxylic acids is 1. The van der Waals surface area contributed by atoms with Gasteiger partial charge in [-0.1, -0.05) is 47.5 Å². The first-order chi connectivity index (χ1) is 12.6. The number of hydrogen-bond donors (Lipinski definition) is 1. The summed E-state index contributed by atoms with van der Waals surface area (Å²) in [7, 11) is 0. The number of benzene rings is 2. The van der Waals surface area contributed by atoms with Gasteiger partial charge in [0.2, 0.25) is 0 Å². The third kappa shape index (κ3) is 3.05. The van der Waals surface area contributed by atoms with Crippen molar-refractivity contribution in [3.63, 3.8) is 0 Å². The van der Waals surface area contributed by atoms with Gasteiger partial charge in [-0.2, -0.15) is 0 Å². The maximum atomic E-state index is 12.9. The Morgan fingerprint density at radius 2 is 1.85 bits per heavy atom. The van der Waals surface area contributed by atoms with Gasteiger partial charge in [-0.05, 0) is 36.4 Å². The molecule has 0 unspecified atom stereocenters. The summed E-state index contributed by atoms with van der Waals surface area (Å²) in [4.78, 5) is 17.5. The van der Waals surface area contributed by atoms with E-state index in [1.54, 1.807) is 42.7 Å². The number of anilines is 1. The third-order valence-electron chi connectivity index (χ3n) is 3.93. The lowest BCUT2D eigenvalue weighted by molar-refractivity contribution is 0.102. The molecule has 0 saturated heterocycles. The zero-order valence-corrected chi connectivity index (χ0v) is 14.9. The molecule has 0 bridgehead atoms. The summed E-state index contributed by atoms with van der Waals surface area (Å²) >= 11 is 12.2. The predicted molar refractivity (Wildman–Crippen MR) is 104 cm³/mol. The second-order valence-electron chi connectivity index (χ2n) is 5.61. The highest BCUT2D eigenvalue weighted by Crippen LogP contribution is 2.31. The van der Waals surface area contributed by atoms with Crippen molar-refractivity contribution < 1.29 is 9.21 Å². The van der Waals surface area contributed by atoms with Gasteiger partial charge >= 0.3 is 0 Å². The number of aromatic nitrogens is 1. The number of pyridine rings is 1. The number of rotatable bonds is 3. The van der Waals surface area contributed by atoms with E-state index in [9.17, 15) is 4.79 Å². The largest absolute Gasteiger partial charge is 0.463 e. The number of halogens is 2. The molecule has 0 fully saturated rings. The van der Waals surface area contributed by atoms with Crippen LogP contribution in [0.2, 0.25) is 10.0 Å². The lowest BCUT2D eigenvalue weighted by Gasteiger charge is -2.11. The summed E-state index contributed by atoms with van der Waals surface area (Å²) in [6.45, 7) is 0. The van der Waals surface area contributed by atoms with Crippen LogP contribution in [0.4, 0.5) is 5.69 Å². The Hall–Kier alpha value is -2.82.